The predicted molar refractivity (Wildman–Crippen MR) is 119 cm³/mol. The molecule has 0 spiro atoms. The molecule has 4 rings (SSSR count). The lowest BCUT2D eigenvalue weighted by Gasteiger charge is -2.41. The van der Waals surface area contributed by atoms with E-state index < -0.39 is 24.3 Å². The average molecular weight is 569 g/mol. The quantitative estimate of drug-likeness (QED) is 0.532. The lowest BCUT2D eigenvalue weighted by atomic mass is 9.88. The molecule has 2 N–H and O–H groups in total. The van der Waals surface area contributed by atoms with Gasteiger partial charge in [-0.25, -0.2) is 9.59 Å². The van der Waals surface area contributed by atoms with Crippen LogP contribution in [0.5, 0.6) is 0 Å². The smallest absolute Gasteiger partial charge is 0.475 e. The van der Waals surface area contributed by atoms with E-state index in [-0.39, 0.29) is 18.1 Å². The van der Waals surface area contributed by atoms with Gasteiger partial charge in [-0.3, -0.25) is 14.7 Å². The molecule has 39 heavy (non-hydrogen) atoms. The number of carbonyl (C=O) groups is 3. The molecule has 216 valence electrons. The van der Waals surface area contributed by atoms with Gasteiger partial charge in [0.1, 0.15) is 5.76 Å². The van der Waals surface area contributed by atoms with E-state index in [1.807, 2.05) is 29.2 Å². The highest BCUT2D eigenvalue weighted by atomic mass is 19.4. The topological polar surface area (TPSA) is 133 Å². The van der Waals surface area contributed by atoms with Crippen LogP contribution >= 0.6 is 0 Å². The summed E-state index contributed by atoms with van der Waals surface area (Å²) in [5.41, 5.74) is 0.654. The summed E-state index contributed by atoms with van der Waals surface area (Å²) >= 11 is 0. The van der Waals surface area contributed by atoms with E-state index in [2.05, 4.69) is 9.88 Å². The number of carbonyl (C=O) groups excluding carboxylic acids is 1. The fourth-order valence-corrected chi connectivity index (χ4v) is 4.19. The van der Waals surface area contributed by atoms with Gasteiger partial charge in [-0.05, 0) is 30.7 Å². The van der Waals surface area contributed by atoms with Gasteiger partial charge >= 0.3 is 24.3 Å². The number of carboxylic acid groups (broad SMARTS) is 2. The van der Waals surface area contributed by atoms with Crippen LogP contribution in [0.1, 0.15) is 22.5 Å². The van der Waals surface area contributed by atoms with Crippen LogP contribution in [0.25, 0.3) is 0 Å². The number of amides is 1. The number of aliphatic carboxylic acids is 2. The maximum Gasteiger partial charge on any atom is 0.490 e. The number of carboxylic acids is 2. The number of pyridine rings is 1. The molecule has 4 heterocycles. The van der Waals surface area contributed by atoms with Crippen molar-refractivity contribution in [1.82, 2.24) is 14.8 Å². The molecule has 2 aromatic heterocycles. The number of methoxy groups -OCH3 is 1. The van der Waals surface area contributed by atoms with Crippen molar-refractivity contribution in [2.45, 2.75) is 37.5 Å². The summed E-state index contributed by atoms with van der Waals surface area (Å²) in [5, 5.41) is 14.2. The monoisotopic (exact) mass is 569 g/mol. The van der Waals surface area contributed by atoms with E-state index in [1.54, 1.807) is 25.8 Å². The van der Waals surface area contributed by atoms with Gasteiger partial charge in [0.05, 0.1) is 30.5 Å². The van der Waals surface area contributed by atoms with Gasteiger partial charge in [0, 0.05) is 45.1 Å². The number of hydrogen-bond acceptors (Lipinski definition) is 7. The SMILES string of the molecule is CO[C@H]1CCN(C(=O)c2cccnc2)[C@@H]2CN(Cc3ccco3)C[C@H]12.O=C(O)C(F)(F)F.O=C(O)C(F)(F)F. The van der Waals surface area contributed by atoms with E-state index in [0.29, 0.717) is 11.5 Å². The molecule has 2 aromatic rings. The molecule has 10 nitrogen and oxygen atoms in total. The zero-order chi connectivity index (χ0) is 29.4. The maximum absolute atomic E-state index is 13.0. The lowest BCUT2D eigenvalue weighted by molar-refractivity contribution is -0.193. The van der Waals surface area contributed by atoms with Gasteiger partial charge in [0.15, 0.2) is 0 Å². The first-order valence-corrected chi connectivity index (χ1v) is 11.2. The summed E-state index contributed by atoms with van der Waals surface area (Å²) in [4.78, 5) is 39.2. The van der Waals surface area contributed by atoms with Gasteiger partial charge in [-0.2, -0.15) is 26.3 Å². The Morgan fingerprint density at radius 1 is 1.05 bits per heavy atom. The van der Waals surface area contributed by atoms with E-state index in [9.17, 15) is 31.1 Å². The number of aromatic nitrogens is 1. The largest absolute Gasteiger partial charge is 0.490 e. The second-order valence-corrected chi connectivity index (χ2v) is 8.41. The molecular weight excluding hydrogens is 544 g/mol. The molecule has 0 aromatic carbocycles. The van der Waals surface area contributed by atoms with Crippen LogP contribution in [0.2, 0.25) is 0 Å². The fourth-order valence-electron chi connectivity index (χ4n) is 4.19. The van der Waals surface area contributed by atoms with Gasteiger partial charge in [0.25, 0.3) is 5.91 Å². The highest BCUT2D eigenvalue weighted by Crippen LogP contribution is 2.34. The van der Waals surface area contributed by atoms with Crippen LogP contribution in [0, 0.1) is 5.92 Å². The molecule has 2 aliphatic heterocycles. The maximum atomic E-state index is 13.0. The minimum atomic E-state index is -5.08. The Labute approximate surface area is 217 Å². The van der Waals surface area contributed by atoms with Gasteiger partial charge in [0.2, 0.25) is 0 Å². The van der Waals surface area contributed by atoms with E-state index in [4.69, 9.17) is 29.0 Å². The van der Waals surface area contributed by atoms with Crippen molar-refractivity contribution in [2.24, 2.45) is 5.92 Å². The summed E-state index contributed by atoms with van der Waals surface area (Å²) in [6.45, 7) is 3.26. The summed E-state index contributed by atoms with van der Waals surface area (Å²) < 4.78 is 74.7. The van der Waals surface area contributed by atoms with Crippen LogP contribution < -0.4 is 0 Å². The summed E-state index contributed by atoms with van der Waals surface area (Å²) in [5.74, 6) is -4.16. The zero-order valence-electron chi connectivity index (χ0n) is 20.4. The number of piperidine rings is 1. The zero-order valence-corrected chi connectivity index (χ0v) is 20.4. The molecule has 16 heteroatoms. The number of hydrogen-bond donors (Lipinski definition) is 2. The number of rotatable bonds is 4. The van der Waals surface area contributed by atoms with Crippen molar-refractivity contribution >= 4 is 17.8 Å². The van der Waals surface area contributed by atoms with E-state index in [0.717, 1.165) is 38.4 Å². The Morgan fingerprint density at radius 2 is 1.67 bits per heavy atom. The Balaban J connectivity index is 0.000000317. The Bertz CT molecular complexity index is 1060. The molecule has 0 aliphatic carbocycles. The van der Waals surface area contributed by atoms with Gasteiger partial charge in [-0.1, -0.05) is 0 Å². The number of furan rings is 1. The summed E-state index contributed by atoms with van der Waals surface area (Å²) in [6.07, 6.45) is -4.05. The highest BCUT2D eigenvalue weighted by molar-refractivity contribution is 5.94. The number of halogens is 6. The van der Waals surface area contributed by atoms with Crippen molar-refractivity contribution < 1.29 is 60.1 Å². The lowest BCUT2D eigenvalue weighted by Crippen LogP contribution is -2.53. The number of ether oxygens (including phenoxy) is 1. The van der Waals surface area contributed by atoms with Crippen molar-refractivity contribution in [3.63, 3.8) is 0 Å². The number of fused-ring (bicyclic) bond motifs is 1. The van der Waals surface area contributed by atoms with Crippen LogP contribution in [-0.2, 0) is 20.9 Å². The molecule has 2 fully saturated rings. The van der Waals surface area contributed by atoms with Gasteiger partial charge in [-0.15, -0.1) is 0 Å². The molecule has 1 amide bonds. The molecule has 3 atom stereocenters. The number of alkyl halides is 6. The van der Waals surface area contributed by atoms with Crippen molar-refractivity contribution in [2.75, 3.05) is 26.7 Å². The molecular formula is C23H25F6N3O7. The summed E-state index contributed by atoms with van der Waals surface area (Å²) in [6, 6.07) is 7.72. The first kappa shape index (κ1) is 31.6. The predicted octanol–water partition coefficient (Wildman–Crippen LogP) is 3.30. The Hall–Kier alpha value is -3.66. The molecule has 0 radical (unpaired) electrons. The molecule has 2 saturated heterocycles. The third-order valence-electron chi connectivity index (χ3n) is 5.86. The number of likely N-dealkylation sites (tertiary alicyclic amines) is 2. The van der Waals surface area contributed by atoms with Crippen LogP contribution in [0.3, 0.4) is 0 Å². The molecule has 0 unspecified atom stereocenters. The Kier molecular flexibility index (Phi) is 10.9. The Morgan fingerprint density at radius 3 is 2.13 bits per heavy atom. The average Bonchev–Trinajstić information content (AvgIpc) is 3.53. The minimum absolute atomic E-state index is 0.0671. The normalized spacial score (nSPS) is 21.1. The van der Waals surface area contributed by atoms with E-state index >= 15 is 0 Å². The highest BCUT2D eigenvalue weighted by Gasteiger charge is 2.46. The standard InChI is InChI=1S/C19H23N3O3.2C2HF3O2/c1-24-18-6-8-22(19(23)14-4-2-7-20-10-14)17-13-21(12-16(17)18)11-15-5-3-9-25-15;2*3-2(4,5)1(6)7/h2-5,7,9-10,16-18H,6,8,11-13H2,1H3;2*(H,6,7)/t16-,17+,18-;;/m0../s1. The van der Waals surface area contributed by atoms with Gasteiger partial charge < -0.3 is 24.3 Å². The van der Waals surface area contributed by atoms with Crippen molar-refractivity contribution in [3.8, 4) is 0 Å². The van der Waals surface area contributed by atoms with Crippen LogP contribution in [0.4, 0.5) is 26.3 Å². The molecule has 2 aliphatic rings. The van der Waals surface area contributed by atoms with Crippen LogP contribution in [-0.4, -0.2) is 94.1 Å². The third kappa shape index (κ3) is 9.24. The first-order valence-electron chi connectivity index (χ1n) is 11.2. The first-order chi connectivity index (χ1) is 18.1. The minimum Gasteiger partial charge on any atom is -0.475 e. The van der Waals surface area contributed by atoms with E-state index in [1.165, 1.54) is 0 Å². The second-order valence-electron chi connectivity index (χ2n) is 8.41. The molecule has 0 saturated carbocycles. The fraction of sp³-hybridized carbons (Fsp3) is 0.478. The van der Waals surface area contributed by atoms with Crippen molar-refractivity contribution in [3.05, 3.63) is 54.2 Å². The van der Waals surface area contributed by atoms with Crippen LogP contribution in [0.15, 0.2) is 47.3 Å². The second kappa shape index (κ2) is 13.4. The molecule has 0 bridgehead atoms. The number of nitrogens with zero attached hydrogens (tertiary/aromatic N) is 3. The van der Waals surface area contributed by atoms with Crippen molar-refractivity contribution in [1.29, 1.82) is 0 Å². The third-order valence-corrected chi connectivity index (χ3v) is 5.86. The summed E-state index contributed by atoms with van der Waals surface area (Å²) in [7, 11) is 1.77.